The van der Waals surface area contributed by atoms with Crippen molar-refractivity contribution in [1.29, 1.82) is 0 Å². The number of benzene rings is 1. The topological polar surface area (TPSA) is 55.5 Å². The minimum Gasteiger partial charge on any atom is -0.507 e. The molecule has 3 N–H and O–H groups in total. The minimum atomic E-state index is -2.70. The summed E-state index contributed by atoms with van der Waals surface area (Å²) in [6.07, 6.45) is -2.70. The van der Waals surface area contributed by atoms with Crippen LogP contribution < -0.4 is 10.5 Å². The van der Waals surface area contributed by atoms with Crippen LogP contribution >= 0.6 is 12.4 Å². The summed E-state index contributed by atoms with van der Waals surface area (Å²) < 4.78 is 29.2. The zero-order valence-corrected chi connectivity index (χ0v) is 8.80. The zero-order valence-electron chi connectivity index (χ0n) is 7.98. The number of alkyl halides is 2. The highest BCUT2D eigenvalue weighted by atomic mass is 35.5. The van der Waals surface area contributed by atoms with Gasteiger partial charge in [-0.25, -0.2) is 8.78 Å². The zero-order chi connectivity index (χ0) is 10.7. The normalized spacial score (nSPS) is 12.1. The fraction of sp³-hybridized carbons (Fsp3) is 0.333. The van der Waals surface area contributed by atoms with Crippen LogP contribution in [0.15, 0.2) is 18.2 Å². The van der Waals surface area contributed by atoms with Gasteiger partial charge >= 0.3 is 0 Å². The summed E-state index contributed by atoms with van der Waals surface area (Å²) >= 11 is 0. The Morgan fingerprint density at radius 1 is 1.40 bits per heavy atom. The molecule has 0 aliphatic heterocycles. The third-order valence-corrected chi connectivity index (χ3v) is 1.87. The van der Waals surface area contributed by atoms with Crippen molar-refractivity contribution in [2.45, 2.75) is 12.5 Å². The van der Waals surface area contributed by atoms with Gasteiger partial charge < -0.3 is 15.6 Å². The predicted octanol–water partition coefficient (Wildman–Crippen LogP) is 2.09. The molecule has 15 heavy (non-hydrogen) atoms. The van der Waals surface area contributed by atoms with E-state index in [1.807, 2.05) is 0 Å². The molecule has 0 aliphatic carbocycles. The van der Waals surface area contributed by atoms with Gasteiger partial charge in [-0.15, -0.1) is 12.4 Å². The maximum atomic E-state index is 12.2. The van der Waals surface area contributed by atoms with Crippen molar-refractivity contribution in [2.24, 2.45) is 5.73 Å². The van der Waals surface area contributed by atoms with E-state index in [1.54, 1.807) is 0 Å². The lowest BCUT2D eigenvalue weighted by Gasteiger charge is -2.13. The molecule has 0 aromatic heterocycles. The van der Waals surface area contributed by atoms with Gasteiger partial charge in [0.1, 0.15) is 11.5 Å². The Labute approximate surface area is 92.3 Å². The average Bonchev–Trinajstić information content (AvgIpc) is 2.16. The number of ether oxygens (including phenoxy) is 1. The molecule has 1 rings (SSSR count). The molecular formula is C9H12ClF2NO2. The van der Waals surface area contributed by atoms with Crippen molar-refractivity contribution in [3.63, 3.8) is 0 Å². The Balaban J connectivity index is 0.00000196. The van der Waals surface area contributed by atoms with Gasteiger partial charge in [0.05, 0.1) is 13.2 Å². The molecule has 0 aliphatic rings. The van der Waals surface area contributed by atoms with Gasteiger partial charge in [0.2, 0.25) is 0 Å². The number of methoxy groups -OCH3 is 1. The van der Waals surface area contributed by atoms with Gasteiger partial charge in [0.25, 0.3) is 6.43 Å². The second-order valence-electron chi connectivity index (χ2n) is 2.78. The first-order valence-electron chi connectivity index (χ1n) is 3.97. The molecule has 0 saturated heterocycles. The molecule has 0 saturated carbocycles. The van der Waals surface area contributed by atoms with Crippen molar-refractivity contribution < 1.29 is 18.6 Å². The number of halogens is 3. The third kappa shape index (κ3) is 3.21. The lowest BCUT2D eigenvalue weighted by atomic mass is 10.1. The maximum absolute atomic E-state index is 12.2. The average molecular weight is 240 g/mol. The SMILES string of the molecule is COc1ccc([C@@H](N)C(F)F)c(O)c1.Cl. The van der Waals surface area contributed by atoms with Crippen LogP contribution in [-0.4, -0.2) is 18.6 Å². The number of nitrogens with two attached hydrogens (primary N) is 1. The number of hydrogen-bond acceptors (Lipinski definition) is 3. The fourth-order valence-corrected chi connectivity index (χ4v) is 1.07. The number of hydrogen-bond donors (Lipinski definition) is 2. The highest BCUT2D eigenvalue weighted by Gasteiger charge is 2.20. The molecule has 1 aromatic rings. The molecule has 0 amide bonds. The van der Waals surface area contributed by atoms with E-state index < -0.39 is 12.5 Å². The van der Waals surface area contributed by atoms with Crippen LogP contribution in [0.25, 0.3) is 0 Å². The molecule has 0 fully saturated rings. The van der Waals surface area contributed by atoms with Crippen LogP contribution in [0.4, 0.5) is 8.78 Å². The second kappa shape index (κ2) is 5.72. The summed E-state index contributed by atoms with van der Waals surface area (Å²) in [5.74, 6) is 0.116. The van der Waals surface area contributed by atoms with Crippen LogP contribution in [0.5, 0.6) is 11.5 Å². The Kier molecular flexibility index (Phi) is 5.32. The Morgan fingerprint density at radius 2 is 2.00 bits per heavy atom. The van der Waals surface area contributed by atoms with Crippen molar-refractivity contribution in [3.8, 4) is 11.5 Å². The summed E-state index contributed by atoms with van der Waals surface area (Å²) in [5.41, 5.74) is 5.19. The van der Waals surface area contributed by atoms with Gasteiger partial charge in [-0.3, -0.25) is 0 Å². The highest BCUT2D eigenvalue weighted by Crippen LogP contribution is 2.29. The molecule has 0 unspecified atom stereocenters. The summed E-state index contributed by atoms with van der Waals surface area (Å²) in [7, 11) is 1.42. The van der Waals surface area contributed by atoms with Crippen molar-refractivity contribution in [1.82, 2.24) is 0 Å². The number of phenolic OH excluding ortho intramolecular Hbond substituents is 1. The molecule has 0 bridgehead atoms. The predicted molar refractivity (Wildman–Crippen MR) is 54.8 cm³/mol. The molecule has 86 valence electrons. The molecule has 1 aromatic carbocycles. The number of phenols is 1. The second-order valence-corrected chi connectivity index (χ2v) is 2.78. The minimum absolute atomic E-state index is 0. The summed E-state index contributed by atoms with van der Waals surface area (Å²) in [6, 6.07) is 2.57. The van der Waals surface area contributed by atoms with Gasteiger partial charge in [-0.1, -0.05) is 0 Å². The van der Waals surface area contributed by atoms with E-state index in [1.165, 1.54) is 25.3 Å². The van der Waals surface area contributed by atoms with E-state index in [4.69, 9.17) is 10.5 Å². The molecular weight excluding hydrogens is 228 g/mol. The van der Waals surface area contributed by atoms with Crippen molar-refractivity contribution in [2.75, 3.05) is 7.11 Å². The Bertz CT molecular complexity index is 323. The quantitative estimate of drug-likeness (QED) is 0.849. The van der Waals surface area contributed by atoms with Crippen molar-refractivity contribution >= 4 is 12.4 Å². The third-order valence-electron chi connectivity index (χ3n) is 1.87. The molecule has 3 nitrogen and oxygen atoms in total. The lowest BCUT2D eigenvalue weighted by molar-refractivity contribution is 0.115. The van der Waals surface area contributed by atoms with E-state index >= 15 is 0 Å². The molecule has 0 heterocycles. The van der Waals surface area contributed by atoms with Gasteiger partial charge in [-0.2, -0.15) is 0 Å². The highest BCUT2D eigenvalue weighted by molar-refractivity contribution is 5.85. The summed E-state index contributed by atoms with van der Waals surface area (Å²) in [4.78, 5) is 0. The summed E-state index contributed by atoms with van der Waals surface area (Å²) in [6.45, 7) is 0. The first kappa shape index (κ1) is 13.9. The molecule has 6 heteroatoms. The largest absolute Gasteiger partial charge is 0.507 e. The van der Waals surface area contributed by atoms with E-state index in [9.17, 15) is 13.9 Å². The van der Waals surface area contributed by atoms with Gasteiger partial charge in [-0.05, 0) is 12.1 Å². The van der Waals surface area contributed by atoms with Gasteiger partial charge in [0, 0.05) is 11.6 Å². The van der Waals surface area contributed by atoms with E-state index in [0.717, 1.165) is 0 Å². The monoisotopic (exact) mass is 239 g/mol. The van der Waals surface area contributed by atoms with Crippen LogP contribution in [-0.2, 0) is 0 Å². The molecule has 1 atom stereocenters. The van der Waals surface area contributed by atoms with E-state index in [0.29, 0.717) is 5.75 Å². The van der Waals surface area contributed by atoms with Crippen LogP contribution in [0.3, 0.4) is 0 Å². The Hall–Kier alpha value is -1.07. The van der Waals surface area contributed by atoms with Crippen LogP contribution in [0, 0.1) is 0 Å². The van der Waals surface area contributed by atoms with Crippen molar-refractivity contribution in [3.05, 3.63) is 23.8 Å². The van der Waals surface area contributed by atoms with E-state index in [-0.39, 0.29) is 23.7 Å². The summed E-state index contributed by atoms with van der Waals surface area (Å²) in [5, 5.41) is 9.35. The fourth-order valence-electron chi connectivity index (χ4n) is 1.07. The molecule has 0 radical (unpaired) electrons. The first-order chi connectivity index (χ1) is 6.56. The first-order valence-corrected chi connectivity index (χ1v) is 3.97. The Morgan fingerprint density at radius 3 is 2.40 bits per heavy atom. The lowest BCUT2D eigenvalue weighted by Crippen LogP contribution is -2.18. The van der Waals surface area contributed by atoms with Crippen LogP contribution in [0.2, 0.25) is 0 Å². The van der Waals surface area contributed by atoms with Crippen LogP contribution in [0.1, 0.15) is 11.6 Å². The number of rotatable bonds is 3. The van der Waals surface area contributed by atoms with E-state index in [2.05, 4.69) is 0 Å². The standard InChI is InChI=1S/C9H11F2NO2.ClH/c1-14-5-2-3-6(7(13)4-5)8(12)9(10)11;/h2-4,8-9,13H,12H2,1H3;1H/t8-;/m1./s1. The smallest absolute Gasteiger partial charge is 0.257 e. The van der Waals surface area contributed by atoms with Gasteiger partial charge in [0.15, 0.2) is 0 Å². The number of aromatic hydroxyl groups is 1. The maximum Gasteiger partial charge on any atom is 0.257 e. The molecule has 0 spiro atoms.